The summed E-state index contributed by atoms with van der Waals surface area (Å²) in [6, 6.07) is 5.10. The number of aromatic nitrogens is 2. The second kappa shape index (κ2) is 6.74. The van der Waals surface area contributed by atoms with E-state index in [0.29, 0.717) is 21.3 Å². The first kappa shape index (κ1) is 15.5. The van der Waals surface area contributed by atoms with Crippen LogP contribution in [0.2, 0.25) is 10.0 Å². The Morgan fingerprint density at radius 1 is 1.33 bits per heavy atom. The number of hydrogen-bond donors (Lipinski definition) is 0. The molecule has 2 rings (SSSR count). The summed E-state index contributed by atoms with van der Waals surface area (Å²) in [7, 11) is 1.45. The van der Waals surface area contributed by atoms with E-state index < -0.39 is 5.97 Å². The van der Waals surface area contributed by atoms with Gasteiger partial charge >= 0.3 is 5.97 Å². The van der Waals surface area contributed by atoms with Crippen molar-refractivity contribution in [3.8, 4) is 17.1 Å². The molecule has 1 heterocycles. The summed E-state index contributed by atoms with van der Waals surface area (Å²) >= 11 is 12.2. The molecule has 0 spiro atoms. The van der Waals surface area contributed by atoms with Crippen molar-refractivity contribution in [3.05, 3.63) is 40.1 Å². The van der Waals surface area contributed by atoms with Gasteiger partial charge in [-0.3, -0.25) is 0 Å². The lowest BCUT2D eigenvalue weighted by Crippen LogP contribution is -2.09. The first-order valence-corrected chi connectivity index (χ1v) is 6.86. The van der Waals surface area contributed by atoms with Gasteiger partial charge in [-0.1, -0.05) is 35.3 Å². The molecule has 0 unspecified atom stereocenters. The molecule has 2 aromatic rings. The summed E-state index contributed by atoms with van der Waals surface area (Å²) in [6.45, 7) is 1.96. The number of carbonyl (C=O) groups is 1. The van der Waals surface area contributed by atoms with Crippen LogP contribution in [0.3, 0.4) is 0 Å². The van der Waals surface area contributed by atoms with Crippen molar-refractivity contribution in [1.82, 2.24) is 9.97 Å². The predicted octanol–water partition coefficient (Wildman–Crippen LogP) is 3.64. The molecular weight excluding hydrogens is 315 g/mol. The monoisotopic (exact) mass is 326 g/mol. The summed E-state index contributed by atoms with van der Waals surface area (Å²) in [4.78, 5) is 20.0. The molecule has 0 bridgehead atoms. The largest absolute Gasteiger partial charge is 0.479 e. The zero-order valence-electron chi connectivity index (χ0n) is 11.4. The molecule has 0 N–H and O–H groups in total. The Balaban J connectivity index is 2.57. The molecular formula is C14H12Cl2N2O3. The maximum Gasteiger partial charge on any atom is 0.358 e. The minimum absolute atomic E-state index is 0.0729. The van der Waals surface area contributed by atoms with E-state index in [2.05, 4.69) is 9.97 Å². The minimum Gasteiger partial charge on any atom is -0.479 e. The van der Waals surface area contributed by atoms with Gasteiger partial charge in [-0.2, -0.15) is 0 Å². The highest BCUT2D eigenvalue weighted by atomic mass is 35.5. The summed E-state index contributed by atoms with van der Waals surface area (Å²) in [6.07, 6.45) is 1.29. The lowest BCUT2D eigenvalue weighted by molar-refractivity contribution is 0.0519. The fraction of sp³-hybridized carbons (Fsp3) is 0.214. The number of esters is 1. The van der Waals surface area contributed by atoms with E-state index >= 15 is 0 Å². The van der Waals surface area contributed by atoms with E-state index in [0.717, 1.165) is 0 Å². The molecule has 7 heteroatoms. The van der Waals surface area contributed by atoms with Gasteiger partial charge in [-0.25, -0.2) is 14.8 Å². The molecule has 0 aliphatic rings. The summed E-state index contributed by atoms with van der Waals surface area (Å²) < 4.78 is 10.1. The van der Waals surface area contributed by atoms with E-state index in [1.54, 1.807) is 25.1 Å². The molecule has 1 aromatic carbocycles. The molecule has 0 saturated heterocycles. The van der Waals surface area contributed by atoms with Crippen LogP contribution in [0, 0.1) is 0 Å². The highest BCUT2D eigenvalue weighted by Gasteiger charge is 2.18. The van der Waals surface area contributed by atoms with Crippen LogP contribution in [0.5, 0.6) is 5.88 Å². The predicted molar refractivity (Wildman–Crippen MR) is 80.0 cm³/mol. The van der Waals surface area contributed by atoms with Crippen LogP contribution < -0.4 is 4.74 Å². The fourth-order valence-electron chi connectivity index (χ4n) is 1.69. The van der Waals surface area contributed by atoms with Crippen molar-refractivity contribution in [1.29, 1.82) is 0 Å². The number of carbonyl (C=O) groups excluding carboxylic acids is 1. The van der Waals surface area contributed by atoms with Gasteiger partial charge < -0.3 is 9.47 Å². The molecule has 110 valence electrons. The maximum atomic E-state index is 11.8. The van der Waals surface area contributed by atoms with Crippen LogP contribution in [0.15, 0.2) is 24.4 Å². The summed E-state index contributed by atoms with van der Waals surface area (Å²) in [5, 5.41) is 0.687. The van der Waals surface area contributed by atoms with Crippen molar-refractivity contribution in [2.45, 2.75) is 6.92 Å². The Bertz CT molecular complexity index is 677. The third kappa shape index (κ3) is 3.25. The van der Waals surface area contributed by atoms with E-state index in [1.165, 1.54) is 13.3 Å². The SMILES string of the molecule is CCOC(=O)c1cnc(OC)c(-c2cccc(Cl)c2Cl)n1. The van der Waals surface area contributed by atoms with Gasteiger partial charge in [-0.05, 0) is 13.0 Å². The summed E-state index contributed by atoms with van der Waals surface area (Å²) in [5.74, 6) is -0.320. The molecule has 0 amide bonds. The van der Waals surface area contributed by atoms with Crippen LogP contribution in [0.1, 0.15) is 17.4 Å². The Morgan fingerprint density at radius 3 is 2.76 bits per heavy atom. The van der Waals surface area contributed by atoms with Crippen LogP contribution in [-0.2, 0) is 4.74 Å². The Morgan fingerprint density at radius 2 is 2.10 bits per heavy atom. The summed E-state index contributed by atoms with van der Waals surface area (Å²) in [5.41, 5.74) is 0.930. The van der Waals surface area contributed by atoms with Crippen molar-refractivity contribution < 1.29 is 14.3 Å². The second-order valence-corrected chi connectivity index (χ2v) is 4.72. The molecule has 0 atom stereocenters. The second-order valence-electron chi connectivity index (χ2n) is 3.93. The number of benzene rings is 1. The highest BCUT2D eigenvalue weighted by Crippen LogP contribution is 2.36. The number of methoxy groups -OCH3 is 1. The normalized spacial score (nSPS) is 10.3. The van der Waals surface area contributed by atoms with Gasteiger partial charge in [0.25, 0.3) is 0 Å². The fourth-order valence-corrected chi connectivity index (χ4v) is 2.08. The Hall–Kier alpha value is -1.85. The quantitative estimate of drug-likeness (QED) is 0.803. The molecule has 21 heavy (non-hydrogen) atoms. The van der Waals surface area contributed by atoms with E-state index in [4.69, 9.17) is 32.7 Å². The van der Waals surface area contributed by atoms with Crippen LogP contribution >= 0.6 is 23.2 Å². The lowest BCUT2D eigenvalue weighted by atomic mass is 10.1. The van der Waals surface area contributed by atoms with Gasteiger partial charge in [0.05, 0.1) is 30.0 Å². The molecule has 5 nitrogen and oxygen atoms in total. The van der Waals surface area contributed by atoms with Crippen LogP contribution in [0.25, 0.3) is 11.3 Å². The van der Waals surface area contributed by atoms with Gasteiger partial charge in [0.2, 0.25) is 5.88 Å². The smallest absolute Gasteiger partial charge is 0.358 e. The average molecular weight is 327 g/mol. The molecule has 0 fully saturated rings. The maximum absolute atomic E-state index is 11.8. The first-order valence-electron chi connectivity index (χ1n) is 6.11. The van der Waals surface area contributed by atoms with E-state index in [-0.39, 0.29) is 18.2 Å². The zero-order valence-corrected chi connectivity index (χ0v) is 12.9. The number of ether oxygens (including phenoxy) is 2. The van der Waals surface area contributed by atoms with Crippen molar-refractivity contribution in [2.75, 3.05) is 13.7 Å². The van der Waals surface area contributed by atoms with Gasteiger partial charge in [-0.15, -0.1) is 0 Å². The molecule has 1 aromatic heterocycles. The standard InChI is InChI=1S/C14H12Cl2N2O3/c1-3-21-14(19)10-7-17-13(20-2)12(18-10)8-5-4-6-9(15)11(8)16/h4-7H,3H2,1-2H3. The third-order valence-corrected chi connectivity index (χ3v) is 3.44. The first-order chi connectivity index (χ1) is 10.1. The Labute approximate surface area is 131 Å². The number of rotatable bonds is 4. The third-order valence-electron chi connectivity index (χ3n) is 2.62. The molecule has 0 saturated carbocycles. The van der Waals surface area contributed by atoms with Crippen molar-refractivity contribution in [3.63, 3.8) is 0 Å². The average Bonchev–Trinajstić information content (AvgIpc) is 2.49. The van der Waals surface area contributed by atoms with Crippen LogP contribution in [0.4, 0.5) is 0 Å². The topological polar surface area (TPSA) is 61.3 Å². The van der Waals surface area contributed by atoms with Gasteiger partial charge in [0, 0.05) is 5.56 Å². The number of halogens is 2. The number of hydrogen-bond acceptors (Lipinski definition) is 5. The van der Waals surface area contributed by atoms with Crippen molar-refractivity contribution >= 4 is 29.2 Å². The minimum atomic E-state index is -0.563. The van der Waals surface area contributed by atoms with Crippen molar-refractivity contribution in [2.24, 2.45) is 0 Å². The molecule has 0 aliphatic carbocycles. The lowest BCUT2D eigenvalue weighted by Gasteiger charge is -2.10. The van der Waals surface area contributed by atoms with E-state index in [9.17, 15) is 4.79 Å². The Kier molecular flexibility index (Phi) is 4.98. The van der Waals surface area contributed by atoms with Gasteiger partial charge in [0.1, 0.15) is 5.69 Å². The molecule has 0 radical (unpaired) electrons. The number of nitrogens with zero attached hydrogens (tertiary/aromatic N) is 2. The van der Waals surface area contributed by atoms with Gasteiger partial charge in [0.15, 0.2) is 5.69 Å². The molecule has 0 aliphatic heterocycles. The highest BCUT2D eigenvalue weighted by molar-refractivity contribution is 6.43. The van der Waals surface area contributed by atoms with E-state index in [1.807, 2.05) is 0 Å². The van der Waals surface area contributed by atoms with Crippen LogP contribution in [-0.4, -0.2) is 29.7 Å². The zero-order chi connectivity index (χ0) is 15.4.